The van der Waals surface area contributed by atoms with Gasteiger partial charge in [0, 0.05) is 5.56 Å². The first-order valence-electron chi connectivity index (χ1n) is 7.12. The molecule has 0 saturated carbocycles. The zero-order chi connectivity index (χ0) is 18.9. The first kappa shape index (κ1) is 19.0. The number of benzene rings is 1. The Morgan fingerprint density at radius 3 is 2.44 bits per heavy atom. The molecule has 2 aromatic rings. The first-order chi connectivity index (χ1) is 11.5. The number of nitrogens with one attached hydrogen (secondary N) is 1. The largest absolute Gasteiger partial charge is 0.361 e. The molecule has 2 rings (SSSR count). The summed E-state index contributed by atoms with van der Waals surface area (Å²) >= 11 is 0. The van der Waals surface area contributed by atoms with Gasteiger partial charge in [-0.25, -0.2) is 21.6 Å². The van der Waals surface area contributed by atoms with E-state index in [1.165, 1.54) is 6.92 Å². The van der Waals surface area contributed by atoms with Crippen molar-refractivity contribution in [1.29, 1.82) is 0 Å². The Kier molecular flexibility index (Phi) is 5.21. The van der Waals surface area contributed by atoms with Crippen LogP contribution in [0.5, 0.6) is 0 Å². The van der Waals surface area contributed by atoms with Gasteiger partial charge in [-0.1, -0.05) is 5.16 Å². The second kappa shape index (κ2) is 6.87. The van der Waals surface area contributed by atoms with Crippen molar-refractivity contribution in [3.8, 4) is 0 Å². The third-order valence-corrected chi connectivity index (χ3v) is 5.71. The number of anilines is 1. The van der Waals surface area contributed by atoms with Gasteiger partial charge in [0.15, 0.2) is 27.3 Å². The van der Waals surface area contributed by atoms with Gasteiger partial charge in [-0.3, -0.25) is 4.79 Å². The summed E-state index contributed by atoms with van der Waals surface area (Å²) in [7, 11) is -3.98. The lowest BCUT2D eigenvalue weighted by atomic mass is 10.2. The molecule has 25 heavy (non-hydrogen) atoms. The molecule has 6 nitrogen and oxygen atoms in total. The molecule has 0 saturated heterocycles. The zero-order valence-electron chi connectivity index (χ0n) is 13.6. The molecular weight excluding hydrogens is 361 g/mol. The minimum absolute atomic E-state index is 0.306. The Balaban J connectivity index is 2.20. The second-order valence-corrected chi connectivity index (χ2v) is 7.79. The highest BCUT2D eigenvalue weighted by molar-refractivity contribution is 7.92. The van der Waals surface area contributed by atoms with Crippen molar-refractivity contribution in [1.82, 2.24) is 5.16 Å². The molecule has 0 aliphatic heterocycles. The smallest absolute Gasteiger partial charge is 0.242 e. The minimum atomic E-state index is -3.98. The summed E-state index contributed by atoms with van der Waals surface area (Å²) in [4.78, 5) is 12.1. The van der Waals surface area contributed by atoms with E-state index in [1.54, 1.807) is 6.92 Å². The number of sulfone groups is 1. The highest BCUT2D eigenvalue weighted by Crippen LogP contribution is 2.22. The zero-order valence-corrected chi connectivity index (χ0v) is 14.4. The predicted octanol–water partition coefficient (Wildman–Crippen LogP) is 2.65. The highest BCUT2D eigenvalue weighted by atomic mass is 32.2. The summed E-state index contributed by atoms with van der Waals surface area (Å²) in [5.74, 6) is -6.05. The van der Waals surface area contributed by atoms with E-state index in [-0.39, 0.29) is 0 Å². The molecule has 1 heterocycles. The van der Waals surface area contributed by atoms with Gasteiger partial charge in [-0.05, 0) is 32.9 Å². The quantitative estimate of drug-likeness (QED) is 0.811. The Morgan fingerprint density at radius 2 is 1.88 bits per heavy atom. The van der Waals surface area contributed by atoms with Gasteiger partial charge in [0.05, 0.1) is 17.1 Å². The fourth-order valence-electron chi connectivity index (χ4n) is 2.05. The summed E-state index contributed by atoms with van der Waals surface area (Å²) in [6, 6.07) is 1.43. The minimum Gasteiger partial charge on any atom is -0.361 e. The monoisotopic (exact) mass is 376 g/mol. The van der Waals surface area contributed by atoms with Crippen LogP contribution in [0, 0.1) is 31.3 Å². The first-order valence-corrected chi connectivity index (χ1v) is 8.83. The molecule has 10 heteroatoms. The Hall–Kier alpha value is -2.36. The van der Waals surface area contributed by atoms with Crippen LogP contribution in [0.15, 0.2) is 16.7 Å². The van der Waals surface area contributed by atoms with Crippen molar-refractivity contribution in [2.45, 2.75) is 31.8 Å². The van der Waals surface area contributed by atoms with Crippen LogP contribution >= 0.6 is 0 Å². The van der Waals surface area contributed by atoms with Gasteiger partial charge < -0.3 is 9.84 Å². The molecule has 1 amide bonds. The normalized spacial score (nSPS) is 12.9. The van der Waals surface area contributed by atoms with E-state index in [2.05, 4.69) is 5.16 Å². The molecule has 136 valence electrons. The predicted molar refractivity (Wildman–Crippen MR) is 83.0 cm³/mol. The number of aryl methyl sites for hydroxylation is 2. The third kappa shape index (κ3) is 3.84. The summed E-state index contributed by atoms with van der Waals surface area (Å²) in [5, 5.41) is 4.03. The van der Waals surface area contributed by atoms with Gasteiger partial charge >= 0.3 is 0 Å². The number of carbonyl (C=O) groups is 1. The van der Waals surface area contributed by atoms with Gasteiger partial charge in [0.1, 0.15) is 11.0 Å². The van der Waals surface area contributed by atoms with E-state index in [0.717, 1.165) is 13.0 Å². The van der Waals surface area contributed by atoms with E-state index >= 15 is 0 Å². The summed E-state index contributed by atoms with van der Waals surface area (Å²) < 4.78 is 69.3. The fraction of sp³-hybridized carbons (Fsp3) is 0.333. The second-order valence-electron chi connectivity index (χ2n) is 5.46. The van der Waals surface area contributed by atoms with Gasteiger partial charge in [0.25, 0.3) is 0 Å². The topological polar surface area (TPSA) is 89.3 Å². The summed E-state index contributed by atoms with van der Waals surface area (Å²) in [6.45, 7) is 4.20. The van der Waals surface area contributed by atoms with Crippen LogP contribution in [-0.2, 0) is 20.4 Å². The average Bonchev–Trinajstić information content (AvgIpc) is 2.86. The Labute approximate surface area is 141 Å². The highest BCUT2D eigenvalue weighted by Gasteiger charge is 2.31. The van der Waals surface area contributed by atoms with Crippen LogP contribution in [0.25, 0.3) is 0 Å². The molecule has 0 fully saturated rings. The van der Waals surface area contributed by atoms with Crippen molar-refractivity contribution in [2.24, 2.45) is 0 Å². The van der Waals surface area contributed by atoms with E-state index < -0.39 is 49.9 Å². The molecule has 0 bridgehead atoms. The van der Waals surface area contributed by atoms with E-state index in [4.69, 9.17) is 4.52 Å². The maximum atomic E-state index is 13.6. The van der Waals surface area contributed by atoms with Crippen LogP contribution in [0.4, 0.5) is 18.9 Å². The number of halogens is 3. The van der Waals surface area contributed by atoms with Crippen molar-refractivity contribution in [3.63, 3.8) is 0 Å². The molecular formula is C15H15F3N2O4S. The van der Waals surface area contributed by atoms with Crippen LogP contribution in [0.2, 0.25) is 0 Å². The lowest BCUT2D eigenvalue weighted by Gasteiger charge is -2.14. The van der Waals surface area contributed by atoms with Crippen LogP contribution < -0.4 is 5.32 Å². The number of carbonyl (C=O) groups excluding carboxylic acids is 1. The van der Waals surface area contributed by atoms with E-state index in [1.807, 2.05) is 5.32 Å². The lowest BCUT2D eigenvalue weighted by molar-refractivity contribution is -0.115. The van der Waals surface area contributed by atoms with Crippen LogP contribution in [0.3, 0.4) is 0 Å². The van der Waals surface area contributed by atoms with Crippen molar-refractivity contribution in [3.05, 3.63) is 46.6 Å². The van der Waals surface area contributed by atoms with Crippen molar-refractivity contribution in [2.75, 3.05) is 5.32 Å². The summed E-state index contributed by atoms with van der Waals surface area (Å²) in [6.07, 6.45) is 0. The lowest BCUT2D eigenvalue weighted by Crippen LogP contribution is -2.34. The van der Waals surface area contributed by atoms with Gasteiger partial charge in [-0.2, -0.15) is 0 Å². The number of amides is 1. The molecule has 1 aromatic carbocycles. The van der Waals surface area contributed by atoms with Crippen LogP contribution in [-0.4, -0.2) is 24.7 Å². The standard InChI is InChI=1S/C15H15F3N2O4S/c1-7-10(8(2)24-20-7)6-25(22,23)9(3)15(21)19-12-5-4-11(16)13(17)14(12)18/h4-5,9H,6H2,1-3H3,(H,19,21)/t9-/m0/s1. The number of hydrogen-bond donors (Lipinski definition) is 1. The van der Waals surface area contributed by atoms with Crippen LogP contribution in [0.1, 0.15) is 23.9 Å². The maximum absolute atomic E-state index is 13.6. The Morgan fingerprint density at radius 1 is 1.24 bits per heavy atom. The molecule has 1 N–H and O–H groups in total. The van der Waals surface area contributed by atoms with E-state index in [0.29, 0.717) is 23.1 Å². The Bertz CT molecular complexity index is 906. The molecule has 0 unspecified atom stereocenters. The van der Waals surface area contributed by atoms with Crippen molar-refractivity contribution >= 4 is 21.4 Å². The third-order valence-electron chi connectivity index (χ3n) is 3.73. The number of rotatable bonds is 5. The molecule has 0 radical (unpaired) electrons. The molecule has 0 spiro atoms. The fourth-order valence-corrected chi connectivity index (χ4v) is 3.50. The maximum Gasteiger partial charge on any atom is 0.242 e. The van der Waals surface area contributed by atoms with Crippen molar-refractivity contribution < 1.29 is 30.9 Å². The number of aromatic nitrogens is 1. The van der Waals surface area contributed by atoms with E-state index in [9.17, 15) is 26.4 Å². The SMILES string of the molecule is Cc1noc(C)c1CS(=O)(=O)[C@@H](C)C(=O)Nc1ccc(F)c(F)c1F. The molecule has 0 aliphatic carbocycles. The molecule has 1 aromatic heterocycles. The molecule has 1 atom stereocenters. The average molecular weight is 376 g/mol. The number of hydrogen-bond acceptors (Lipinski definition) is 5. The summed E-state index contributed by atoms with van der Waals surface area (Å²) in [5.41, 5.74) is 0.0577. The van der Waals surface area contributed by atoms with Gasteiger partial charge in [0.2, 0.25) is 5.91 Å². The van der Waals surface area contributed by atoms with Gasteiger partial charge in [-0.15, -0.1) is 0 Å². The molecule has 0 aliphatic rings. The number of nitrogens with zero attached hydrogens (tertiary/aromatic N) is 1.